The number of amides is 2. The molecule has 1 aliphatic carbocycles. The number of nitrogens with one attached hydrogen (secondary N) is 1. The van der Waals surface area contributed by atoms with Gasteiger partial charge in [0.1, 0.15) is 0 Å². The number of nitrogens with zero attached hydrogens (tertiary/aromatic N) is 5. The lowest BCUT2D eigenvalue weighted by molar-refractivity contribution is -0.121. The van der Waals surface area contributed by atoms with Crippen molar-refractivity contribution >= 4 is 40.3 Å². The minimum Gasteiger partial charge on any atom is -0.480 e. The first-order chi connectivity index (χ1) is 19.3. The first kappa shape index (κ1) is 26.1. The molecule has 1 N–H and O–H groups in total. The number of hydrogen-bond donors (Lipinski definition) is 1. The van der Waals surface area contributed by atoms with Crippen LogP contribution in [-0.4, -0.2) is 50.6 Å². The average Bonchev–Trinajstić information content (AvgIpc) is 3.23. The largest absolute Gasteiger partial charge is 0.480 e. The summed E-state index contributed by atoms with van der Waals surface area (Å²) in [7, 11) is 1.66. The predicted molar refractivity (Wildman–Crippen MR) is 151 cm³/mol. The summed E-state index contributed by atoms with van der Waals surface area (Å²) in [4.78, 5) is 48.7. The quantitative estimate of drug-likeness (QED) is 0.396. The zero-order valence-electron chi connectivity index (χ0n) is 22.3. The molecule has 0 spiro atoms. The summed E-state index contributed by atoms with van der Waals surface area (Å²) in [6, 6.07) is 11.2. The summed E-state index contributed by atoms with van der Waals surface area (Å²) in [5.41, 5.74) is 3.20. The van der Waals surface area contributed by atoms with E-state index in [1.807, 2.05) is 28.8 Å². The topological polar surface area (TPSA) is 111 Å². The van der Waals surface area contributed by atoms with Gasteiger partial charge in [-0.25, -0.2) is 9.78 Å². The predicted octanol–water partition coefficient (Wildman–Crippen LogP) is 3.89. The number of likely N-dealkylation sites (N-methyl/N-ethyl adjacent to an activating group) is 1. The lowest BCUT2D eigenvalue weighted by Gasteiger charge is -2.29. The molecule has 3 aromatic heterocycles. The summed E-state index contributed by atoms with van der Waals surface area (Å²) < 4.78 is 9.09. The highest BCUT2D eigenvalue weighted by atomic mass is 35.5. The fraction of sp³-hybridized carbons (Fsp3) is 0.345. The van der Waals surface area contributed by atoms with Crippen molar-refractivity contribution in [2.24, 2.45) is 5.92 Å². The van der Waals surface area contributed by atoms with Crippen LogP contribution in [-0.2, 0) is 11.3 Å². The Balaban J connectivity index is 1.20. The Morgan fingerprint density at radius 2 is 1.82 bits per heavy atom. The van der Waals surface area contributed by atoms with Gasteiger partial charge < -0.3 is 10.1 Å². The van der Waals surface area contributed by atoms with Crippen molar-refractivity contribution in [3.63, 3.8) is 0 Å². The number of anilines is 1. The Hall–Kier alpha value is -4.18. The van der Waals surface area contributed by atoms with Crippen LogP contribution >= 0.6 is 11.6 Å². The minimum absolute atomic E-state index is 0.0618. The van der Waals surface area contributed by atoms with Crippen molar-refractivity contribution < 1.29 is 14.3 Å². The smallest absolute Gasteiger partial charge is 0.333 e. The first-order valence-electron chi connectivity index (χ1n) is 13.3. The number of carbonyl (C=O) groups excluding carboxylic acids is 2. The molecule has 1 saturated carbocycles. The van der Waals surface area contributed by atoms with Gasteiger partial charge in [-0.05, 0) is 56.7 Å². The Labute approximate surface area is 235 Å². The number of aryl methyl sites for hydroxylation is 1. The fourth-order valence-electron chi connectivity index (χ4n) is 5.64. The maximum Gasteiger partial charge on any atom is 0.333 e. The van der Waals surface area contributed by atoms with Crippen LogP contribution in [0.5, 0.6) is 5.75 Å². The molecule has 40 heavy (non-hydrogen) atoms. The molecule has 1 fully saturated rings. The van der Waals surface area contributed by atoms with Crippen LogP contribution in [0.4, 0.5) is 5.82 Å². The van der Waals surface area contributed by atoms with Crippen LogP contribution in [0.15, 0.2) is 53.6 Å². The Kier molecular flexibility index (Phi) is 6.79. The summed E-state index contributed by atoms with van der Waals surface area (Å²) in [5.74, 6) is 0.861. The van der Waals surface area contributed by atoms with Gasteiger partial charge in [-0.15, -0.1) is 0 Å². The second kappa shape index (κ2) is 10.4. The molecule has 6 rings (SSSR count). The molecule has 2 aliphatic rings. The summed E-state index contributed by atoms with van der Waals surface area (Å²) >= 11 is 6.04. The van der Waals surface area contributed by atoms with Crippen LogP contribution in [0.1, 0.15) is 41.7 Å². The highest BCUT2D eigenvalue weighted by molar-refractivity contribution is 6.30. The molecular formula is C29H29ClN6O4. The number of benzene rings is 1. The van der Waals surface area contributed by atoms with E-state index in [9.17, 15) is 14.4 Å². The Morgan fingerprint density at radius 1 is 1.07 bits per heavy atom. The molecule has 1 aromatic carbocycles. The van der Waals surface area contributed by atoms with E-state index in [0.717, 1.165) is 36.7 Å². The monoisotopic (exact) mass is 560 g/mol. The van der Waals surface area contributed by atoms with Crippen LogP contribution in [0.2, 0.25) is 5.02 Å². The molecule has 0 radical (unpaired) electrons. The average molecular weight is 561 g/mol. The first-order valence-corrected chi connectivity index (χ1v) is 13.7. The van der Waals surface area contributed by atoms with Gasteiger partial charge in [0.2, 0.25) is 0 Å². The van der Waals surface area contributed by atoms with Crippen LogP contribution in [0, 0.1) is 12.8 Å². The Bertz CT molecular complexity index is 1690. The minimum atomic E-state index is -0.174. The normalized spacial score (nSPS) is 18.9. The third kappa shape index (κ3) is 4.72. The lowest BCUT2D eigenvalue weighted by atomic mass is 9.85. The van der Waals surface area contributed by atoms with Gasteiger partial charge in [-0.1, -0.05) is 23.7 Å². The number of fused-ring (bicyclic) bond motifs is 2. The second-order valence-electron chi connectivity index (χ2n) is 10.5. The number of rotatable bonds is 5. The molecule has 4 aromatic rings. The number of imidazole rings is 1. The fourth-order valence-corrected chi connectivity index (χ4v) is 5.80. The number of hydrogen-bond acceptors (Lipinski definition) is 6. The van der Waals surface area contributed by atoms with E-state index in [4.69, 9.17) is 16.3 Å². The Morgan fingerprint density at radius 3 is 2.60 bits per heavy atom. The van der Waals surface area contributed by atoms with E-state index >= 15 is 0 Å². The van der Waals surface area contributed by atoms with E-state index < -0.39 is 0 Å². The van der Waals surface area contributed by atoms with Crippen LogP contribution in [0.25, 0.3) is 16.7 Å². The van der Waals surface area contributed by atoms with E-state index in [0.29, 0.717) is 46.0 Å². The van der Waals surface area contributed by atoms with Gasteiger partial charge >= 0.3 is 5.69 Å². The summed E-state index contributed by atoms with van der Waals surface area (Å²) in [6.07, 6.45) is 6.57. The molecule has 11 heteroatoms. The molecular weight excluding hydrogens is 532 g/mol. The maximum absolute atomic E-state index is 13.8. The molecule has 2 amide bonds. The van der Waals surface area contributed by atoms with Gasteiger partial charge in [0.15, 0.2) is 18.2 Å². The highest BCUT2D eigenvalue weighted by Gasteiger charge is 2.27. The maximum atomic E-state index is 13.8. The molecule has 4 heterocycles. The molecule has 0 unspecified atom stereocenters. The third-order valence-corrected chi connectivity index (χ3v) is 8.08. The van der Waals surface area contributed by atoms with Gasteiger partial charge in [-0.2, -0.15) is 0 Å². The van der Waals surface area contributed by atoms with Gasteiger partial charge in [0.05, 0.1) is 39.2 Å². The molecule has 0 saturated heterocycles. The van der Waals surface area contributed by atoms with Crippen LogP contribution in [0.3, 0.4) is 0 Å². The molecule has 1 aliphatic heterocycles. The number of pyridine rings is 2. The van der Waals surface area contributed by atoms with Crippen LogP contribution < -0.4 is 20.6 Å². The number of aromatic nitrogens is 4. The van der Waals surface area contributed by atoms with Gasteiger partial charge in [0, 0.05) is 31.9 Å². The van der Waals surface area contributed by atoms with Gasteiger partial charge in [-0.3, -0.25) is 28.6 Å². The third-order valence-electron chi connectivity index (χ3n) is 7.88. The molecule has 206 valence electrons. The van der Waals surface area contributed by atoms with Gasteiger partial charge in [0.25, 0.3) is 11.8 Å². The van der Waals surface area contributed by atoms with Crippen molar-refractivity contribution in [1.82, 2.24) is 24.4 Å². The number of halogens is 1. The van der Waals surface area contributed by atoms with Crippen molar-refractivity contribution in [2.75, 3.05) is 18.6 Å². The SMILES string of the molecule is Cc1ncc(Cl)cc1C(=O)N[C@H]1CC[C@H](Cn2c(=O)n(-c3cnc4c(c3)OCC(=O)N4C)c3ccccc32)CC1. The van der Waals surface area contributed by atoms with Crippen molar-refractivity contribution in [1.29, 1.82) is 0 Å². The van der Waals surface area contributed by atoms with Crippen molar-refractivity contribution in [3.8, 4) is 11.4 Å². The van der Waals surface area contributed by atoms with E-state index in [1.165, 1.54) is 11.1 Å². The summed E-state index contributed by atoms with van der Waals surface area (Å²) in [6.45, 7) is 2.31. The summed E-state index contributed by atoms with van der Waals surface area (Å²) in [5, 5.41) is 3.57. The van der Waals surface area contributed by atoms with E-state index in [-0.39, 0.29) is 30.2 Å². The number of ether oxygens (including phenoxy) is 1. The molecule has 0 bridgehead atoms. The molecule has 0 atom stereocenters. The highest BCUT2D eigenvalue weighted by Crippen LogP contribution is 2.32. The number of carbonyl (C=O) groups is 2. The van der Waals surface area contributed by atoms with E-state index in [1.54, 1.807) is 36.9 Å². The zero-order chi connectivity index (χ0) is 28.0. The van der Waals surface area contributed by atoms with Crippen molar-refractivity contribution in [3.05, 3.63) is 75.6 Å². The number of para-hydroxylation sites is 2. The molecule has 10 nitrogen and oxygen atoms in total. The van der Waals surface area contributed by atoms with Crippen molar-refractivity contribution in [2.45, 2.75) is 45.2 Å². The van der Waals surface area contributed by atoms with E-state index in [2.05, 4.69) is 15.3 Å². The lowest BCUT2D eigenvalue weighted by Crippen LogP contribution is -2.39. The standard InChI is InChI=1S/C29H29ClN6O4/c1-17-22(11-19(30)13-31-17)28(38)33-20-9-7-18(8-10-20)15-35-23-5-3-4-6-24(23)36(29(35)39)21-12-25-27(32-14-21)34(2)26(37)16-40-25/h3-6,11-14,18,20H,7-10,15-16H2,1-2H3,(H,33,38)/t18-,20-. The zero-order valence-corrected chi connectivity index (χ0v) is 23.0. The second-order valence-corrected chi connectivity index (χ2v) is 10.9.